The lowest BCUT2D eigenvalue weighted by atomic mass is 10.1. The van der Waals surface area contributed by atoms with Crippen LogP contribution in [0.25, 0.3) is 11.6 Å². The summed E-state index contributed by atoms with van der Waals surface area (Å²) in [5.74, 6) is 0.425. The Morgan fingerprint density at radius 1 is 1.40 bits per heavy atom. The van der Waals surface area contributed by atoms with Gasteiger partial charge in [0.25, 0.3) is 0 Å². The van der Waals surface area contributed by atoms with Crippen molar-refractivity contribution in [3.63, 3.8) is 0 Å². The lowest BCUT2D eigenvalue weighted by Crippen LogP contribution is -1.87. The van der Waals surface area contributed by atoms with E-state index >= 15 is 0 Å². The molecule has 1 heterocycles. The molecule has 0 saturated carbocycles. The fraction of sp³-hybridized carbons (Fsp3) is 0.143. The Morgan fingerprint density at radius 3 is 2.50 bits per heavy atom. The Balaban J connectivity index is 2.46. The molecule has 0 radical (unpaired) electrons. The predicted octanol–water partition coefficient (Wildman–Crippen LogP) is 4.83. The summed E-state index contributed by atoms with van der Waals surface area (Å²) in [6.45, 7) is 1.89. The minimum atomic E-state index is 0.402. The second-order valence-electron chi connectivity index (χ2n) is 3.98. The molecular weight excluding hydrogens is 315 g/mol. The van der Waals surface area contributed by atoms with Crippen LogP contribution in [0.2, 0.25) is 10.0 Å². The number of nitriles is 1. The van der Waals surface area contributed by atoms with Gasteiger partial charge in [-0.2, -0.15) is 5.26 Å². The zero-order valence-corrected chi connectivity index (χ0v) is 13.1. The second-order valence-corrected chi connectivity index (χ2v) is 5.65. The van der Waals surface area contributed by atoms with Crippen molar-refractivity contribution in [3.8, 4) is 11.8 Å². The lowest BCUT2D eigenvalue weighted by Gasteiger charge is -2.06. The zero-order chi connectivity index (χ0) is 14.7. The Kier molecular flexibility index (Phi) is 4.66. The molecule has 2 rings (SSSR count). The Hall–Kier alpha value is -1.54. The minimum absolute atomic E-state index is 0.402. The molecule has 2 aromatic rings. The van der Waals surface area contributed by atoms with Crippen LogP contribution >= 0.6 is 34.5 Å². The summed E-state index contributed by atoms with van der Waals surface area (Å²) in [5, 5.41) is 12.6. The van der Waals surface area contributed by atoms with Gasteiger partial charge in [0, 0.05) is 11.1 Å². The van der Waals surface area contributed by atoms with Gasteiger partial charge in [-0.3, -0.25) is 0 Å². The number of allylic oxidation sites excluding steroid dienone is 1. The van der Waals surface area contributed by atoms with Gasteiger partial charge in [0.2, 0.25) is 0 Å². The third-order valence-electron chi connectivity index (χ3n) is 2.51. The fourth-order valence-electron chi connectivity index (χ4n) is 1.64. The van der Waals surface area contributed by atoms with Crippen LogP contribution < -0.4 is 4.74 Å². The van der Waals surface area contributed by atoms with E-state index < -0.39 is 0 Å². The first kappa shape index (κ1) is 14.9. The molecule has 0 amide bonds. The molecule has 0 spiro atoms. The van der Waals surface area contributed by atoms with Crippen LogP contribution in [-0.4, -0.2) is 12.1 Å². The summed E-state index contributed by atoms with van der Waals surface area (Å²) in [6, 6.07) is 5.54. The van der Waals surface area contributed by atoms with E-state index in [1.807, 2.05) is 12.3 Å². The summed E-state index contributed by atoms with van der Waals surface area (Å²) in [6.07, 6.45) is 1.70. The largest absolute Gasteiger partial charge is 0.494 e. The van der Waals surface area contributed by atoms with Gasteiger partial charge in [-0.05, 0) is 30.7 Å². The van der Waals surface area contributed by atoms with Gasteiger partial charge in [-0.1, -0.05) is 23.2 Å². The van der Waals surface area contributed by atoms with Gasteiger partial charge >= 0.3 is 0 Å². The highest BCUT2D eigenvalue weighted by atomic mass is 35.5. The molecular formula is C14H10Cl2N2OS. The van der Waals surface area contributed by atoms with Gasteiger partial charge in [0.15, 0.2) is 5.75 Å². The number of aryl methyl sites for hydroxylation is 1. The van der Waals surface area contributed by atoms with Crippen LogP contribution in [-0.2, 0) is 0 Å². The van der Waals surface area contributed by atoms with E-state index in [-0.39, 0.29) is 0 Å². The molecule has 3 nitrogen and oxygen atoms in total. The van der Waals surface area contributed by atoms with Crippen LogP contribution in [0.1, 0.15) is 16.3 Å². The predicted molar refractivity (Wildman–Crippen MR) is 83.3 cm³/mol. The molecule has 0 unspecified atom stereocenters. The van der Waals surface area contributed by atoms with Crippen LogP contribution in [0.3, 0.4) is 0 Å². The maximum absolute atomic E-state index is 9.25. The lowest BCUT2D eigenvalue weighted by molar-refractivity contribution is 0.415. The first-order valence-corrected chi connectivity index (χ1v) is 7.26. The molecule has 0 aliphatic rings. The number of hydrogen-bond donors (Lipinski definition) is 0. The van der Waals surface area contributed by atoms with Gasteiger partial charge in [-0.15, -0.1) is 11.3 Å². The Labute approximate surface area is 131 Å². The first-order chi connectivity index (χ1) is 9.55. The first-order valence-electron chi connectivity index (χ1n) is 5.62. The number of ether oxygens (including phenoxy) is 1. The molecule has 1 aromatic heterocycles. The zero-order valence-electron chi connectivity index (χ0n) is 10.8. The van der Waals surface area contributed by atoms with Gasteiger partial charge in [0.1, 0.15) is 11.1 Å². The van der Waals surface area contributed by atoms with Crippen molar-refractivity contribution in [2.75, 3.05) is 7.11 Å². The molecule has 0 N–H and O–H groups in total. The van der Waals surface area contributed by atoms with Crippen molar-refractivity contribution in [2.45, 2.75) is 6.92 Å². The number of rotatable bonds is 3. The SMILES string of the molecule is COc1c(Cl)cc(/C=C(/C#N)c2nc(C)cs2)cc1Cl. The highest BCUT2D eigenvalue weighted by Gasteiger charge is 2.10. The van der Waals surface area contributed by atoms with Crippen molar-refractivity contribution in [1.29, 1.82) is 5.26 Å². The number of nitrogens with zero attached hydrogens (tertiary/aromatic N) is 2. The number of hydrogen-bond acceptors (Lipinski definition) is 4. The van der Waals surface area contributed by atoms with E-state index in [1.165, 1.54) is 18.4 Å². The molecule has 0 saturated heterocycles. The van der Waals surface area contributed by atoms with Crippen LogP contribution in [0.4, 0.5) is 0 Å². The standard InChI is InChI=1S/C14H10Cl2N2OS/c1-8-7-20-14(18-8)10(6-17)3-9-4-11(15)13(19-2)12(16)5-9/h3-5,7H,1-2H3/b10-3-. The van der Waals surface area contributed by atoms with Gasteiger partial charge in [-0.25, -0.2) is 4.98 Å². The quantitative estimate of drug-likeness (QED) is 0.759. The average Bonchev–Trinajstić information content (AvgIpc) is 2.82. The molecule has 1 aromatic carbocycles. The number of halogens is 2. The number of methoxy groups -OCH3 is 1. The smallest absolute Gasteiger partial charge is 0.156 e. The maximum atomic E-state index is 9.25. The fourth-order valence-corrected chi connectivity index (χ4v) is 3.07. The normalized spacial score (nSPS) is 11.2. The third-order valence-corrected chi connectivity index (χ3v) is 4.06. The van der Waals surface area contributed by atoms with Gasteiger partial charge < -0.3 is 4.74 Å². The topological polar surface area (TPSA) is 45.9 Å². The van der Waals surface area contributed by atoms with Gasteiger partial charge in [0.05, 0.1) is 22.7 Å². The van der Waals surface area contributed by atoms with Crippen LogP contribution in [0.5, 0.6) is 5.75 Å². The molecule has 0 bridgehead atoms. The number of benzene rings is 1. The minimum Gasteiger partial charge on any atom is -0.494 e. The van der Waals surface area contributed by atoms with Crippen molar-refractivity contribution < 1.29 is 4.74 Å². The summed E-state index contributed by atoms with van der Waals surface area (Å²) >= 11 is 13.6. The highest BCUT2D eigenvalue weighted by molar-refractivity contribution is 7.11. The van der Waals surface area contributed by atoms with E-state index in [4.69, 9.17) is 27.9 Å². The summed E-state index contributed by atoms with van der Waals surface area (Å²) < 4.78 is 5.09. The highest BCUT2D eigenvalue weighted by Crippen LogP contribution is 2.35. The van der Waals surface area contributed by atoms with E-state index in [2.05, 4.69) is 11.1 Å². The molecule has 20 heavy (non-hydrogen) atoms. The Bertz CT molecular complexity index is 693. The maximum Gasteiger partial charge on any atom is 0.156 e. The molecule has 0 fully saturated rings. The van der Waals surface area contributed by atoms with E-state index in [9.17, 15) is 5.26 Å². The summed E-state index contributed by atoms with van der Waals surface area (Å²) in [7, 11) is 1.50. The molecule has 102 valence electrons. The van der Waals surface area contributed by atoms with E-state index in [0.29, 0.717) is 26.4 Å². The van der Waals surface area contributed by atoms with Crippen LogP contribution in [0, 0.1) is 18.3 Å². The second kappa shape index (κ2) is 6.27. The number of thiazole rings is 1. The van der Waals surface area contributed by atoms with E-state index in [1.54, 1.807) is 18.2 Å². The molecule has 0 atom stereocenters. The van der Waals surface area contributed by atoms with E-state index in [0.717, 1.165) is 11.3 Å². The Morgan fingerprint density at radius 2 is 2.05 bits per heavy atom. The number of aromatic nitrogens is 1. The summed E-state index contributed by atoms with van der Waals surface area (Å²) in [4.78, 5) is 4.29. The van der Waals surface area contributed by atoms with Crippen LogP contribution in [0.15, 0.2) is 17.5 Å². The molecule has 6 heteroatoms. The van der Waals surface area contributed by atoms with Crippen molar-refractivity contribution >= 4 is 46.2 Å². The van der Waals surface area contributed by atoms with Crippen molar-refractivity contribution in [1.82, 2.24) is 4.98 Å². The molecule has 0 aliphatic carbocycles. The van der Waals surface area contributed by atoms with Crippen molar-refractivity contribution in [2.24, 2.45) is 0 Å². The monoisotopic (exact) mass is 324 g/mol. The summed E-state index contributed by atoms with van der Waals surface area (Å²) in [5.41, 5.74) is 2.09. The van der Waals surface area contributed by atoms with Crippen molar-refractivity contribution in [3.05, 3.63) is 43.8 Å². The average molecular weight is 325 g/mol. The molecule has 0 aliphatic heterocycles. The third kappa shape index (κ3) is 3.13.